The van der Waals surface area contributed by atoms with Gasteiger partial charge in [-0.2, -0.15) is 0 Å². The minimum absolute atomic E-state index is 0.195. The lowest BCUT2D eigenvalue weighted by molar-refractivity contribution is -0.132. The lowest BCUT2D eigenvalue weighted by Crippen LogP contribution is -2.39. The Labute approximate surface area is 327 Å². The van der Waals surface area contributed by atoms with Crippen LogP contribution in [0.25, 0.3) is 0 Å². The van der Waals surface area contributed by atoms with Crippen LogP contribution in [0.4, 0.5) is 21.0 Å². The van der Waals surface area contributed by atoms with E-state index in [1.807, 2.05) is 9.80 Å². The quantitative estimate of drug-likeness (QED) is 0.304. The Kier molecular flexibility index (Phi) is 15.5. The van der Waals surface area contributed by atoms with Crippen molar-refractivity contribution in [3.63, 3.8) is 0 Å². The molecule has 0 radical (unpaired) electrons. The number of urea groups is 2. The second-order valence-corrected chi connectivity index (χ2v) is 15.9. The topological polar surface area (TPSA) is 105 Å². The van der Waals surface area contributed by atoms with E-state index in [4.69, 9.17) is 46.4 Å². The molecule has 0 spiro atoms. The standard InChI is InChI=1S/2C19H25Cl2N3O2/c20-15-6-7-17(16(21)13-15)22-19(26)24-9-3-8-23(10-11-24)18(25)12-14-4-1-2-5-14;20-15-6-7-16(21)17(13-15)22-19(26)24-9-3-8-23(10-11-24)18(25)12-14-4-1-2-5-14/h2*6-7,13-14H,1-5,8-12H2,(H,22,26). The van der Waals surface area contributed by atoms with Crippen LogP contribution in [0.1, 0.15) is 77.0 Å². The fraction of sp³-hybridized carbons (Fsp3) is 0.579. The van der Waals surface area contributed by atoms with Crippen LogP contribution in [0.5, 0.6) is 0 Å². The number of nitrogens with zero attached hydrogens (tertiary/aromatic N) is 4. The van der Waals surface area contributed by atoms with Gasteiger partial charge in [-0.15, -0.1) is 0 Å². The Balaban J connectivity index is 0.000000201. The third-order valence-corrected chi connectivity index (χ3v) is 11.6. The van der Waals surface area contributed by atoms with E-state index in [1.54, 1.807) is 46.2 Å². The zero-order chi connectivity index (χ0) is 37.0. The number of carbonyl (C=O) groups is 4. The highest BCUT2D eigenvalue weighted by atomic mass is 35.5. The number of benzene rings is 2. The minimum Gasteiger partial charge on any atom is -0.341 e. The summed E-state index contributed by atoms with van der Waals surface area (Å²) in [5, 5.41) is 7.56. The maximum atomic E-state index is 12.5. The fourth-order valence-electron chi connectivity index (χ4n) is 7.49. The number of rotatable bonds is 6. The van der Waals surface area contributed by atoms with Gasteiger partial charge in [-0.3, -0.25) is 9.59 Å². The number of anilines is 2. The molecule has 2 saturated heterocycles. The predicted octanol–water partition coefficient (Wildman–Crippen LogP) is 9.28. The molecule has 2 heterocycles. The molecule has 4 aliphatic rings. The van der Waals surface area contributed by atoms with Gasteiger partial charge in [-0.1, -0.05) is 72.1 Å². The van der Waals surface area contributed by atoms with Crippen LogP contribution in [0.2, 0.25) is 20.1 Å². The Hall–Kier alpha value is -2.92. The lowest BCUT2D eigenvalue weighted by Gasteiger charge is -2.23. The second-order valence-electron chi connectivity index (χ2n) is 14.3. The molecule has 0 unspecified atom stereocenters. The number of hydrogen-bond acceptors (Lipinski definition) is 4. The average Bonchev–Trinajstić information content (AvgIpc) is 3.69. The molecule has 0 bridgehead atoms. The van der Waals surface area contributed by atoms with Crippen molar-refractivity contribution in [2.24, 2.45) is 11.8 Å². The van der Waals surface area contributed by atoms with E-state index in [0.29, 0.717) is 102 Å². The molecule has 0 aromatic heterocycles. The Morgan fingerprint density at radius 1 is 0.500 bits per heavy atom. The van der Waals surface area contributed by atoms with Crippen molar-refractivity contribution in [1.82, 2.24) is 19.6 Å². The van der Waals surface area contributed by atoms with E-state index in [1.165, 1.54) is 51.4 Å². The van der Waals surface area contributed by atoms with Gasteiger partial charge in [-0.25, -0.2) is 9.59 Å². The summed E-state index contributed by atoms with van der Waals surface area (Å²) >= 11 is 24.1. The van der Waals surface area contributed by atoms with Crippen LogP contribution >= 0.6 is 46.4 Å². The van der Waals surface area contributed by atoms with Gasteiger partial charge >= 0.3 is 12.1 Å². The van der Waals surface area contributed by atoms with Gasteiger partial charge < -0.3 is 30.2 Å². The van der Waals surface area contributed by atoms with Crippen LogP contribution < -0.4 is 10.6 Å². The van der Waals surface area contributed by atoms with Crippen molar-refractivity contribution in [2.75, 3.05) is 63.0 Å². The van der Waals surface area contributed by atoms with Crippen molar-refractivity contribution in [1.29, 1.82) is 0 Å². The fourth-order valence-corrected chi connectivity index (χ4v) is 8.29. The molecule has 2 saturated carbocycles. The van der Waals surface area contributed by atoms with E-state index in [2.05, 4.69) is 10.6 Å². The largest absolute Gasteiger partial charge is 0.341 e. The maximum Gasteiger partial charge on any atom is 0.321 e. The third-order valence-electron chi connectivity index (χ3n) is 10.5. The van der Waals surface area contributed by atoms with Crippen molar-refractivity contribution in [2.45, 2.75) is 77.0 Å². The minimum atomic E-state index is -0.209. The third kappa shape index (κ3) is 12.1. The second kappa shape index (κ2) is 20.0. The number of amides is 6. The van der Waals surface area contributed by atoms with E-state index >= 15 is 0 Å². The number of halogens is 4. The Morgan fingerprint density at radius 2 is 0.923 bits per heavy atom. The summed E-state index contributed by atoms with van der Waals surface area (Å²) < 4.78 is 0. The van der Waals surface area contributed by atoms with Crippen molar-refractivity contribution >= 4 is 81.7 Å². The molecule has 2 N–H and O–H groups in total. The van der Waals surface area contributed by atoms with Gasteiger partial charge in [0.15, 0.2) is 0 Å². The van der Waals surface area contributed by atoms with Crippen LogP contribution in [0.15, 0.2) is 36.4 Å². The van der Waals surface area contributed by atoms with Crippen LogP contribution in [0, 0.1) is 11.8 Å². The molecular formula is C38H50Cl4N6O4. The summed E-state index contributed by atoms with van der Waals surface area (Å²) in [5.41, 5.74) is 1.04. The van der Waals surface area contributed by atoms with Crippen LogP contribution in [-0.2, 0) is 9.59 Å². The molecule has 6 amide bonds. The first-order valence-corrected chi connectivity index (χ1v) is 20.1. The molecular weight excluding hydrogens is 746 g/mol. The van der Waals surface area contributed by atoms with Gasteiger partial charge in [0.2, 0.25) is 11.8 Å². The first kappa shape index (κ1) is 40.3. The van der Waals surface area contributed by atoms with Crippen molar-refractivity contribution in [3.8, 4) is 0 Å². The molecule has 2 aliphatic heterocycles. The lowest BCUT2D eigenvalue weighted by atomic mass is 10.0. The van der Waals surface area contributed by atoms with E-state index in [0.717, 1.165) is 19.4 Å². The predicted molar refractivity (Wildman–Crippen MR) is 210 cm³/mol. The van der Waals surface area contributed by atoms with Gasteiger partial charge in [0.05, 0.1) is 21.4 Å². The number of hydrogen-bond donors (Lipinski definition) is 2. The van der Waals surface area contributed by atoms with Crippen LogP contribution in [-0.4, -0.2) is 95.8 Å². The summed E-state index contributed by atoms with van der Waals surface area (Å²) in [4.78, 5) is 57.5. The zero-order valence-electron chi connectivity index (χ0n) is 29.7. The Morgan fingerprint density at radius 3 is 1.42 bits per heavy atom. The SMILES string of the molecule is O=C(CC1CCCC1)N1CCCN(C(=O)Nc2cc(Cl)ccc2Cl)CC1.O=C(CC1CCCC1)N1CCCN(C(=O)Nc2ccc(Cl)cc2Cl)CC1. The van der Waals surface area contributed by atoms with Crippen LogP contribution in [0.3, 0.4) is 0 Å². The van der Waals surface area contributed by atoms with E-state index in [9.17, 15) is 19.2 Å². The van der Waals surface area contributed by atoms with Crippen molar-refractivity contribution in [3.05, 3.63) is 56.5 Å². The highest BCUT2D eigenvalue weighted by Crippen LogP contribution is 2.30. The summed E-state index contributed by atoms with van der Waals surface area (Å²) in [5.74, 6) is 1.57. The number of nitrogens with one attached hydrogen (secondary N) is 2. The summed E-state index contributed by atoms with van der Waals surface area (Å²) in [7, 11) is 0. The molecule has 0 atom stereocenters. The molecule has 6 rings (SSSR count). The summed E-state index contributed by atoms with van der Waals surface area (Å²) in [6.45, 7) is 4.93. The van der Waals surface area contributed by atoms with Gasteiger partial charge in [0.25, 0.3) is 0 Å². The Bertz CT molecular complexity index is 1550. The molecule has 4 fully saturated rings. The normalized spacial score (nSPS) is 18.7. The average molecular weight is 797 g/mol. The van der Waals surface area contributed by atoms with Gasteiger partial charge in [0.1, 0.15) is 0 Å². The van der Waals surface area contributed by atoms with Crippen molar-refractivity contribution < 1.29 is 19.2 Å². The van der Waals surface area contributed by atoms with Gasteiger partial charge in [0, 0.05) is 75.2 Å². The molecule has 10 nitrogen and oxygen atoms in total. The molecule has 52 heavy (non-hydrogen) atoms. The highest BCUT2D eigenvalue weighted by Gasteiger charge is 2.27. The van der Waals surface area contributed by atoms with E-state index < -0.39 is 0 Å². The first-order chi connectivity index (χ1) is 25.0. The highest BCUT2D eigenvalue weighted by molar-refractivity contribution is 6.37. The monoisotopic (exact) mass is 794 g/mol. The van der Waals surface area contributed by atoms with Gasteiger partial charge in [-0.05, 0) is 86.8 Å². The summed E-state index contributed by atoms with van der Waals surface area (Å²) in [6.07, 6.45) is 12.6. The smallest absolute Gasteiger partial charge is 0.321 e. The maximum absolute atomic E-state index is 12.5. The van der Waals surface area contributed by atoms with E-state index in [-0.39, 0.29) is 23.9 Å². The molecule has 284 valence electrons. The molecule has 2 aromatic carbocycles. The first-order valence-electron chi connectivity index (χ1n) is 18.6. The summed E-state index contributed by atoms with van der Waals surface area (Å²) in [6, 6.07) is 9.55. The number of carbonyl (C=O) groups excluding carboxylic acids is 4. The molecule has 2 aromatic rings. The zero-order valence-corrected chi connectivity index (χ0v) is 32.7. The molecule has 2 aliphatic carbocycles. The molecule has 14 heteroatoms.